The molecule has 101 heavy (non-hydrogen) atoms. The predicted octanol–water partition coefficient (Wildman–Crippen LogP) is 10.8. The summed E-state index contributed by atoms with van der Waals surface area (Å²) in [5.74, 6) is 3.73. The topological polar surface area (TPSA) is 410 Å². The summed E-state index contributed by atoms with van der Waals surface area (Å²) in [7, 11) is 0. The number of nitrogens with two attached hydrogens (primary N) is 1. The van der Waals surface area contributed by atoms with Gasteiger partial charge in [-0.05, 0) is 156 Å². The summed E-state index contributed by atoms with van der Waals surface area (Å²) in [4.78, 5) is 85.3. The summed E-state index contributed by atoms with van der Waals surface area (Å²) in [5, 5.41) is 24.6. The number of fused-ring (bicyclic) bond motifs is 9. The number of carbonyl (C=O) groups excluding carboxylic acids is 1. The maximum absolute atomic E-state index is 11.9. The minimum Gasteiger partial charge on any atom is -0.400 e. The van der Waals surface area contributed by atoms with Crippen LogP contribution in [0.1, 0.15) is 84.7 Å². The van der Waals surface area contributed by atoms with Crippen LogP contribution in [0, 0.1) is 40.5 Å². The van der Waals surface area contributed by atoms with Crippen molar-refractivity contribution in [1.82, 2.24) is 93.4 Å². The standard InChI is InChI=1S/C21H19N7.C13H15BrN4O.C8H5ClN2.C8H5N5.C8H7N3.C8H6N2O.CH3F.CH4O.N3.Na/c1-11-10-23-12(2)20-25-19(26-28(11)20)16-9-15(16)18-13(3)27-8-6-17-14(21(27)24-18)5-4-7-22-17;1-6-5-15-8(3)13-16-12(17-18(6)13)10-4-9(10)11(19)7(2)14;9-8-6-2-1-4-10-7(6)3-5-11-8;9-13-12-8-6-2-1-4-10-7(6)3-5-11-8;9-8-6-2-1-4-10-7(6)3-5-11-8;11-8-6-2-1-4-9-7(6)3-5-10-8;2*1-2;1-3-2;/h4-8,10,15-16H,9H2,1-3H3;5,7,9-10H,4H2,1-3H3;1-5H;1-5H;1-5H,(H2,9,11);1-5H,(H,10,11);1H3;2H,1H3;;/q;;;;;;;;-1;+1/i;;;;;;1D;;;. The number of hydrogen-bond acceptors (Lipinski definition) is 20. The Morgan fingerprint density at radius 1 is 0.644 bits per heavy atom. The Morgan fingerprint density at radius 2 is 1.12 bits per heavy atom. The number of nitrogens with one attached hydrogen (secondary N) is 1. The van der Waals surface area contributed by atoms with Crippen molar-refractivity contribution in [2.24, 2.45) is 11.0 Å². The molecule has 0 aliphatic heterocycles. The van der Waals surface area contributed by atoms with Gasteiger partial charge in [0, 0.05) is 137 Å². The number of nitrogen functional groups attached to an aromatic ring is 1. The number of hydrogen-bond donors (Lipinski definition) is 3. The summed E-state index contributed by atoms with van der Waals surface area (Å²) in [6.07, 6.45) is 22.7. The quantitative estimate of drug-likeness (QED) is 0.0348. The Balaban J connectivity index is 0.000000158. The number of nitrogens with zero attached hydrogens (tertiary/aromatic N) is 24. The Bertz CT molecular complexity index is 5390. The van der Waals surface area contributed by atoms with Gasteiger partial charge in [-0.25, -0.2) is 34.0 Å². The van der Waals surface area contributed by atoms with Crippen LogP contribution in [0.4, 0.5) is 16.0 Å². The van der Waals surface area contributed by atoms with E-state index in [9.17, 15) is 14.0 Å². The predicted molar refractivity (Wildman–Crippen MR) is 385 cm³/mol. The summed E-state index contributed by atoms with van der Waals surface area (Å²) in [5.41, 5.74) is 40.2. The van der Waals surface area contributed by atoms with Crippen LogP contribution in [0.25, 0.3) is 97.9 Å². The number of aryl methyl sites for hydroxylation is 5. The summed E-state index contributed by atoms with van der Waals surface area (Å²) < 4.78 is 21.4. The second kappa shape index (κ2) is 35.7. The van der Waals surface area contributed by atoms with Crippen molar-refractivity contribution in [2.75, 3.05) is 20.0 Å². The molecule has 33 heteroatoms. The Kier molecular flexibility index (Phi) is 26.2. The molecule has 0 bridgehead atoms. The molecule has 0 amide bonds. The number of aliphatic hydroxyl groups excluding tert-OH is 1. The van der Waals surface area contributed by atoms with Gasteiger partial charge < -0.3 is 31.3 Å². The van der Waals surface area contributed by atoms with Crippen molar-refractivity contribution >= 4 is 116 Å². The van der Waals surface area contributed by atoms with Gasteiger partial charge in [0.15, 0.2) is 22.9 Å². The molecule has 2 saturated carbocycles. The molecule has 2 aliphatic carbocycles. The van der Waals surface area contributed by atoms with Gasteiger partial charge in [0.1, 0.15) is 28.2 Å². The fourth-order valence-corrected chi connectivity index (χ4v) is 11.2. The fraction of sp³-hybridized carbons (Fsp3) is 0.221. The van der Waals surface area contributed by atoms with E-state index in [0.29, 0.717) is 34.0 Å². The average Bonchev–Trinajstić information content (AvgIpc) is 1.58. The van der Waals surface area contributed by atoms with Crippen molar-refractivity contribution in [1.29, 1.82) is 0 Å². The van der Waals surface area contributed by atoms with E-state index >= 15 is 0 Å². The fourth-order valence-electron chi connectivity index (χ4n) is 10.7. The number of azide groups is 1. The van der Waals surface area contributed by atoms with Gasteiger partial charge in [0.25, 0.3) is 5.56 Å². The number of imidazole rings is 1. The first kappa shape index (κ1) is 74.2. The number of pyridine rings is 10. The van der Waals surface area contributed by atoms with Crippen LogP contribution in [0.3, 0.4) is 0 Å². The number of H-pyrrole nitrogens is 1. The van der Waals surface area contributed by atoms with Gasteiger partial charge >= 0.3 is 29.6 Å². The molecule has 0 aromatic carbocycles. The average molecular weight is 1450 g/mol. The Labute approximate surface area is 612 Å². The second-order valence-electron chi connectivity index (χ2n) is 22.0. The smallest absolute Gasteiger partial charge is 0.400 e. The van der Waals surface area contributed by atoms with E-state index in [1.54, 1.807) is 86.1 Å². The molecule has 0 radical (unpaired) electrons. The molecule has 29 nitrogen and oxygen atoms in total. The van der Waals surface area contributed by atoms with Gasteiger partial charge in [-0.2, -0.15) is 10.2 Å². The van der Waals surface area contributed by atoms with Crippen molar-refractivity contribution in [3.05, 3.63) is 253 Å². The van der Waals surface area contributed by atoms with E-state index in [0.717, 1.165) is 126 Å². The third-order valence-electron chi connectivity index (χ3n) is 15.7. The maximum Gasteiger partial charge on any atom is 1.00 e. The number of carbonyl (C=O) groups is 1. The van der Waals surface area contributed by atoms with Crippen molar-refractivity contribution in [3.63, 3.8) is 0 Å². The van der Waals surface area contributed by atoms with E-state index < -0.39 is 7.15 Å². The van der Waals surface area contributed by atoms with E-state index in [-0.39, 0.29) is 57.6 Å². The molecule has 0 saturated heterocycles. The first-order valence-electron chi connectivity index (χ1n) is 31.2. The molecule has 2 aliphatic rings. The minimum atomic E-state index is -1.00. The number of aromatic nitrogens is 19. The van der Waals surface area contributed by atoms with E-state index in [1.807, 2.05) is 111 Å². The Morgan fingerprint density at radius 3 is 1.64 bits per heavy atom. The Hall–Kier alpha value is -11.0. The van der Waals surface area contributed by atoms with E-state index in [4.69, 9.17) is 55.5 Å². The normalized spacial score (nSPS) is 14.6. The molecule has 0 spiro atoms. The number of halogens is 3. The van der Waals surface area contributed by atoms with E-state index in [1.165, 1.54) is 10.6 Å². The summed E-state index contributed by atoms with van der Waals surface area (Å²) >= 11 is 9.14. The van der Waals surface area contributed by atoms with Crippen molar-refractivity contribution in [3.8, 4) is 0 Å². The molecule has 17 rings (SSSR count). The molecule has 4 N–H and O–H groups in total. The first-order valence-corrected chi connectivity index (χ1v) is 31.8. The molecular formula is C68H64BrClFN26NaO3. The molecule has 2 fully saturated rings. The molecule has 15 aromatic heterocycles. The minimum absolute atomic E-state index is 0. The van der Waals surface area contributed by atoms with Crippen LogP contribution in [-0.4, -0.2) is 123 Å². The number of alkyl halides is 2. The van der Waals surface area contributed by atoms with Gasteiger partial charge in [-0.15, -0.1) is 0 Å². The van der Waals surface area contributed by atoms with Gasteiger partial charge in [0.2, 0.25) is 0 Å². The molecule has 506 valence electrons. The number of Topliss-reactive ketones (excluding diaryl/α,β-unsaturated/α-hetero) is 1. The number of aromatic amines is 1. The number of anilines is 1. The van der Waals surface area contributed by atoms with E-state index in [2.05, 4.69) is 114 Å². The van der Waals surface area contributed by atoms with Crippen LogP contribution in [-0.2, 0) is 4.79 Å². The SMILES string of the molecule is CO.Cc1ncc(C)n2nc(C3CC3C(=O)C(C)Br)nc12.Cc1ncc(C)n2nc(C3CC3c3nc4c5cccnc5ccn4c3C)nc12.Clc1nccc2ncccc12.Nc1nccc2ncccc12.O=c1[nH]ccc2ncccc12.[2H]CF.[N-]=[N+]=Nc1nccc2ncccc12.[N-]=[N+]=[N-].[Na+]. The molecule has 15 heterocycles. The van der Waals surface area contributed by atoms with Gasteiger partial charge in [-0.3, -0.25) is 58.8 Å². The largest absolute Gasteiger partial charge is 1.00 e. The second-order valence-corrected chi connectivity index (χ2v) is 23.7. The van der Waals surface area contributed by atoms with Crippen LogP contribution in [0.5, 0.6) is 0 Å². The first-order chi connectivity index (χ1) is 49.0. The number of aliphatic hydroxyl groups is 1. The molecule has 15 aromatic rings. The van der Waals surface area contributed by atoms with Crippen LogP contribution in [0.15, 0.2) is 175 Å². The van der Waals surface area contributed by atoms with Crippen molar-refractivity contribution in [2.45, 2.75) is 77.0 Å². The van der Waals surface area contributed by atoms with Gasteiger partial charge in [0.05, 0.1) is 74.8 Å². The van der Waals surface area contributed by atoms with Gasteiger partial charge in [-0.1, -0.05) is 27.5 Å². The third kappa shape index (κ3) is 17.9. The zero-order valence-corrected chi connectivity index (χ0v) is 60.1. The zero-order chi connectivity index (χ0) is 72.3. The maximum atomic E-state index is 11.9. The van der Waals surface area contributed by atoms with Crippen molar-refractivity contribution < 1.29 is 45.2 Å². The molecule has 5 unspecified atom stereocenters. The monoisotopic (exact) mass is 1450 g/mol. The summed E-state index contributed by atoms with van der Waals surface area (Å²) in [6, 6.07) is 27.9. The zero-order valence-electron chi connectivity index (χ0n) is 56.8. The summed E-state index contributed by atoms with van der Waals surface area (Å²) in [6.45, 7) is 11.9. The molecular weight excluding hydrogens is 1390 g/mol. The van der Waals surface area contributed by atoms with Crippen LogP contribution >= 0.6 is 27.5 Å². The molecule has 5 atom stereocenters. The third-order valence-corrected chi connectivity index (χ3v) is 16.4. The number of rotatable bonds is 6. The number of ketones is 1. The van der Waals surface area contributed by atoms with Crippen LogP contribution in [0.2, 0.25) is 5.15 Å². The van der Waals surface area contributed by atoms with Crippen LogP contribution < -0.4 is 40.9 Å².